The summed E-state index contributed by atoms with van der Waals surface area (Å²) < 4.78 is 0. The maximum absolute atomic E-state index is 10.8. The number of urea groups is 1. The van der Waals surface area contributed by atoms with Gasteiger partial charge in [-0.1, -0.05) is 0 Å². The summed E-state index contributed by atoms with van der Waals surface area (Å²) in [6, 6.07) is 0.0194. The van der Waals surface area contributed by atoms with Gasteiger partial charge >= 0.3 is 6.03 Å². The van der Waals surface area contributed by atoms with Crippen LogP contribution in [0.3, 0.4) is 0 Å². The second-order valence-corrected chi connectivity index (χ2v) is 3.26. The van der Waals surface area contributed by atoms with Gasteiger partial charge in [-0.15, -0.1) is 0 Å². The van der Waals surface area contributed by atoms with E-state index < -0.39 is 0 Å². The molecule has 0 radical (unpaired) electrons. The Hall–Kier alpha value is -0.730. The minimum absolute atomic E-state index is 0.0194. The molecule has 10 heavy (non-hydrogen) atoms. The van der Waals surface area contributed by atoms with E-state index in [4.69, 9.17) is 0 Å². The van der Waals surface area contributed by atoms with Gasteiger partial charge in [0.1, 0.15) is 0 Å². The van der Waals surface area contributed by atoms with Gasteiger partial charge in [-0.05, 0) is 25.7 Å². The number of nitrogens with one attached hydrogen (secondary N) is 2. The minimum Gasteiger partial charge on any atom is -0.338 e. The lowest BCUT2D eigenvalue weighted by atomic mass is 9.74. The monoisotopic (exact) mass is 140 g/mol. The highest BCUT2D eigenvalue weighted by molar-refractivity contribution is 5.75. The fourth-order valence-electron chi connectivity index (χ4n) is 1.74. The topological polar surface area (TPSA) is 41.1 Å². The van der Waals surface area contributed by atoms with Crippen molar-refractivity contribution < 1.29 is 4.79 Å². The Morgan fingerprint density at radius 3 is 2.50 bits per heavy atom. The highest BCUT2D eigenvalue weighted by Gasteiger charge is 2.39. The van der Waals surface area contributed by atoms with Crippen LogP contribution in [0.2, 0.25) is 0 Å². The van der Waals surface area contributed by atoms with Gasteiger partial charge < -0.3 is 10.6 Å². The average molecular weight is 140 g/mol. The van der Waals surface area contributed by atoms with Crippen LogP contribution in [0, 0.1) is 0 Å². The molecule has 0 bridgehead atoms. The van der Waals surface area contributed by atoms with Crippen molar-refractivity contribution in [2.75, 3.05) is 6.54 Å². The van der Waals surface area contributed by atoms with Gasteiger partial charge in [-0.25, -0.2) is 4.79 Å². The van der Waals surface area contributed by atoms with Crippen LogP contribution in [-0.2, 0) is 0 Å². The molecule has 2 aliphatic rings. The molecule has 3 heteroatoms. The van der Waals surface area contributed by atoms with Gasteiger partial charge in [0.15, 0.2) is 0 Å². The average Bonchev–Trinajstić information content (AvgIpc) is 1.85. The van der Waals surface area contributed by atoms with Crippen molar-refractivity contribution >= 4 is 6.03 Å². The van der Waals surface area contributed by atoms with E-state index in [1.54, 1.807) is 0 Å². The second kappa shape index (κ2) is 1.87. The first-order chi connectivity index (χ1) is 4.81. The summed E-state index contributed by atoms with van der Waals surface area (Å²) in [6.45, 7) is 0.853. The van der Waals surface area contributed by atoms with E-state index in [0.29, 0.717) is 0 Å². The van der Waals surface area contributed by atoms with E-state index in [0.717, 1.165) is 13.0 Å². The first-order valence-corrected chi connectivity index (χ1v) is 3.87. The Kier molecular flexibility index (Phi) is 1.13. The number of hydrogen-bond donors (Lipinski definition) is 2. The van der Waals surface area contributed by atoms with E-state index in [1.165, 1.54) is 19.3 Å². The molecule has 0 aromatic heterocycles. The van der Waals surface area contributed by atoms with Crippen LogP contribution in [0.4, 0.5) is 4.79 Å². The summed E-state index contributed by atoms with van der Waals surface area (Å²) in [5.41, 5.74) is 0.211. The van der Waals surface area contributed by atoms with Gasteiger partial charge in [0.25, 0.3) is 0 Å². The number of hydrogen-bond acceptors (Lipinski definition) is 1. The molecule has 1 aliphatic heterocycles. The molecule has 0 aromatic rings. The molecule has 1 saturated carbocycles. The van der Waals surface area contributed by atoms with E-state index in [1.807, 2.05) is 0 Å². The minimum atomic E-state index is 0.0194. The van der Waals surface area contributed by atoms with Gasteiger partial charge in [0, 0.05) is 12.1 Å². The molecule has 2 amide bonds. The molecule has 0 atom stereocenters. The molecule has 1 heterocycles. The third-order valence-electron chi connectivity index (χ3n) is 2.58. The summed E-state index contributed by atoms with van der Waals surface area (Å²) in [6.07, 6.45) is 4.75. The Morgan fingerprint density at radius 2 is 2.10 bits per heavy atom. The molecule has 1 aliphatic carbocycles. The Labute approximate surface area is 60.2 Å². The fourth-order valence-corrected chi connectivity index (χ4v) is 1.74. The van der Waals surface area contributed by atoms with Crippen LogP contribution in [0.1, 0.15) is 25.7 Å². The number of carbonyl (C=O) groups is 1. The molecule has 2 rings (SSSR count). The normalized spacial score (nSPS) is 28.6. The van der Waals surface area contributed by atoms with Crippen molar-refractivity contribution in [3.05, 3.63) is 0 Å². The van der Waals surface area contributed by atoms with Crippen LogP contribution in [-0.4, -0.2) is 18.1 Å². The summed E-state index contributed by atoms with van der Waals surface area (Å²) in [4.78, 5) is 10.8. The highest BCUT2D eigenvalue weighted by atomic mass is 16.2. The summed E-state index contributed by atoms with van der Waals surface area (Å²) in [7, 11) is 0. The van der Waals surface area contributed by atoms with E-state index >= 15 is 0 Å². The predicted molar refractivity (Wildman–Crippen MR) is 37.7 cm³/mol. The molecule has 1 spiro atoms. The Bertz CT molecular complexity index is 163. The van der Waals surface area contributed by atoms with Gasteiger partial charge in [-0.2, -0.15) is 0 Å². The second-order valence-electron chi connectivity index (χ2n) is 3.26. The van der Waals surface area contributed by atoms with Crippen molar-refractivity contribution in [1.29, 1.82) is 0 Å². The third kappa shape index (κ3) is 0.770. The number of carbonyl (C=O) groups excluding carboxylic acids is 1. The number of amides is 2. The van der Waals surface area contributed by atoms with Crippen molar-refractivity contribution in [3.63, 3.8) is 0 Å². The summed E-state index contributed by atoms with van der Waals surface area (Å²) >= 11 is 0. The van der Waals surface area contributed by atoms with Crippen LogP contribution in [0.15, 0.2) is 0 Å². The lowest BCUT2D eigenvalue weighted by Crippen LogP contribution is -2.61. The van der Waals surface area contributed by atoms with Crippen LogP contribution in [0.5, 0.6) is 0 Å². The zero-order chi connectivity index (χ0) is 7.03. The first kappa shape index (κ1) is 6.01. The van der Waals surface area contributed by atoms with Gasteiger partial charge in [0.05, 0.1) is 0 Å². The molecular formula is C7H12N2O. The van der Waals surface area contributed by atoms with Crippen molar-refractivity contribution in [3.8, 4) is 0 Å². The SMILES string of the molecule is O=C1NCCC2(CCC2)N1. The Morgan fingerprint density at radius 1 is 1.30 bits per heavy atom. The highest BCUT2D eigenvalue weighted by Crippen LogP contribution is 2.35. The smallest absolute Gasteiger partial charge is 0.315 e. The molecular weight excluding hydrogens is 128 g/mol. The van der Waals surface area contributed by atoms with Crippen molar-refractivity contribution in [2.24, 2.45) is 0 Å². The fraction of sp³-hybridized carbons (Fsp3) is 0.857. The largest absolute Gasteiger partial charge is 0.338 e. The maximum Gasteiger partial charge on any atom is 0.315 e. The quantitative estimate of drug-likeness (QED) is 0.508. The zero-order valence-corrected chi connectivity index (χ0v) is 5.94. The number of rotatable bonds is 0. The molecule has 1 saturated heterocycles. The predicted octanol–water partition coefficient (Wildman–Crippen LogP) is 0.612. The van der Waals surface area contributed by atoms with E-state index in [9.17, 15) is 4.79 Å². The third-order valence-corrected chi connectivity index (χ3v) is 2.58. The summed E-state index contributed by atoms with van der Waals surface area (Å²) in [5.74, 6) is 0. The molecule has 56 valence electrons. The lowest BCUT2D eigenvalue weighted by molar-refractivity contribution is 0.149. The van der Waals surface area contributed by atoms with Crippen molar-refractivity contribution in [2.45, 2.75) is 31.2 Å². The van der Waals surface area contributed by atoms with Crippen LogP contribution < -0.4 is 10.6 Å². The standard InChI is InChI=1S/C7H12N2O/c10-6-8-5-4-7(9-6)2-1-3-7/h1-5H2,(H2,8,9,10). The van der Waals surface area contributed by atoms with E-state index in [-0.39, 0.29) is 11.6 Å². The maximum atomic E-state index is 10.8. The molecule has 2 N–H and O–H groups in total. The summed E-state index contributed by atoms with van der Waals surface area (Å²) in [5, 5.41) is 5.73. The van der Waals surface area contributed by atoms with Crippen LogP contribution in [0.25, 0.3) is 0 Å². The van der Waals surface area contributed by atoms with Crippen LogP contribution >= 0.6 is 0 Å². The molecule has 2 fully saturated rings. The molecule has 3 nitrogen and oxygen atoms in total. The molecule has 0 unspecified atom stereocenters. The first-order valence-electron chi connectivity index (χ1n) is 3.87. The molecule has 0 aromatic carbocycles. The van der Waals surface area contributed by atoms with Gasteiger partial charge in [-0.3, -0.25) is 0 Å². The van der Waals surface area contributed by atoms with Gasteiger partial charge in [0.2, 0.25) is 0 Å². The van der Waals surface area contributed by atoms with E-state index in [2.05, 4.69) is 10.6 Å². The Balaban J connectivity index is 2.02. The zero-order valence-electron chi connectivity index (χ0n) is 5.94. The lowest BCUT2D eigenvalue weighted by Gasteiger charge is -2.45. The van der Waals surface area contributed by atoms with Crippen molar-refractivity contribution in [1.82, 2.24) is 10.6 Å².